The van der Waals surface area contributed by atoms with Gasteiger partial charge >= 0.3 is 0 Å². The van der Waals surface area contributed by atoms with Gasteiger partial charge in [0, 0.05) is 36.1 Å². The Balaban J connectivity index is 1.80. The van der Waals surface area contributed by atoms with Gasteiger partial charge in [-0.05, 0) is 18.1 Å². The summed E-state index contributed by atoms with van der Waals surface area (Å²) >= 11 is 0. The maximum absolute atomic E-state index is 12.0. The van der Waals surface area contributed by atoms with Gasteiger partial charge in [0.2, 0.25) is 0 Å². The molecule has 1 fully saturated rings. The van der Waals surface area contributed by atoms with E-state index in [9.17, 15) is 4.79 Å². The Labute approximate surface area is 117 Å². The lowest BCUT2D eigenvalue weighted by atomic mass is 9.86. The van der Waals surface area contributed by atoms with Crippen LogP contribution in [0.1, 0.15) is 23.7 Å². The number of nitrogens with zero attached hydrogens (tertiary/aromatic N) is 2. The number of carbonyl (C=O) groups excluding carboxylic acids is 1. The van der Waals surface area contributed by atoms with Crippen LogP contribution in [0.2, 0.25) is 0 Å². The number of hydrogen-bond acceptors (Lipinski definition) is 3. The largest absolute Gasteiger partial charge is 0.357 e. The molecule has 1 aromatic carbocycles. The standard InChI is InChI=1S/C16H15N3O/c17-8-10-9-19-6-5-12-11-3-1-2-4-13(11)18-16(12)14(19)7-15(10)20/h1-4,10,14,18H,5-7,9H2. The van der Waals surface area contributed by atoms with E-state index in [0.717, 1.165) is 18.5 Å². The number of rotatable bonds is 0. The number of nitriles is 1. The fourth-order valence-electron chi connectivity index (χ4n) is 3.60. The van der Waals surface area contributed by atoms with Gasteiger partial charge in [-0.15, -0.1) is 0 Å². The summed E-state index contributed by atoms with van der Waals surface area (Å²) in [7, 11) is 0. The molecule has 2 aromatic rings. The molecule has 2 atom stereocenters. The van der Waals surface area contributed by atoms with Gasteiger partial charge in [-0.25, -0.2) is 0 Å². The number of ketones is 1. The zero-order valence-corrected chi connectivity index (χ0v) is 11.1. The molecule has 4 nitrogen and oxygen atoms in total. The Morgan fingerprint density at radius 3 is 3.05 bits per heavy atom. The predicted octanol–water partition coefficient (Wildman–Crippen LogP) is 2.18. The number of hydrogen-bond donors (Lipinski definition) is 1. The van der Waals surface area contributed by atoms with E-state index in [0.29, 0.717) is 13.0 Å². The van der Waals surface area contributed by atoms with Crippen LogP contribution in [0.15, 0.2) is 24.3 Å². The molecule has 2 unspecified atom stereocenters. The first-order chi connectivity index (χ1) is 9.78. The predicted molar refractivity (Wildman–Crippen MR) is 75.0 cm³/mol. The smallest absolute Gasteiger partial charge is 0.153 e. The van der Waals surface area contributed by atoms with Crippen molar-refractivity contribution < 1.29 is 4.79 Å². The lowest BCUT2D eigenvalue weighted by molar-refractivity contribution is -0.126. The van der Waals surface area contributed by atoms with Crippen LogP contribution in [0.5, 0.6) is 0 Å². The summed E-state index contributed by atoms with van der Waals surface area (Å²) < 4.78 is 0. The van der Waals surface area contributed by atoms with Gasteiger partial charge < -0.3 is 4.98 Å². The highest BCUT2D eigenvalue weighted by Crippen LogP contribution is 2.39. The Bertz CT molecular complexity index is 740. The van der Waals surface area contributed by atoms with Gasteiger partial charge in [-0.2, -0.15) is 5.26 Å². The quantitative estimate of drug-likeness (QED) is 0.794. The zero-order chi connectivity index (χ0) is 13.7. The zero-order valence-electron chi connectivity index (χ0n) is 11.1. The molecule has 2 aliphatic rings. The highest BCUT2D eigenvalue weighted by Gasteiger charge is 2.39. The minimum absolute atomic E-state index is 0.0836. The van der Waals surface area contributed by atoms with Crippen molar-refractivity contribution in [3.05, 3.63) is 35.5 Å². The molecule has 100 valence electrons. The van der Waals surface area contributed by atoms with Crippen LogP contribution in [0.4, 0.5) is 0 Å². The Hall–Kier alpha value is -2.12. The van der Waals surface area contributed by atoms with E-state index >= 15 is 0 Å². The number of Topliss-reactive ketones (excluding diaryl/α,β-unsaturated/α-hetero) is 1. The Kier molecular flexibility index (Phi) is 2.45. The van der Waals surface area contributed by atoms with Gasteiger partial charge in [0.25, 0.3) is 0 Å². The molecule has 0 amide bonds. The second kappa shape index (κ2) is 4.19. The number of aromatic amines is 1. The van der Waals surface area contributed by atoms with E-state index in [1.807, 2.05) is 6.07 Å². The number of carbonyl (C=O) groups is 1. The summed E-state index contributed by atoms with van der Waals surface area (Å²) in [5.41, 5.74) is 3.68. The summed E-state index contributed by atoms with van der Waals surface area (Å²) in [5, 5.41) is 10.3. The van der Waals surface area contributed by atoms with Crippen molar-refractivity contribution in [2.75, 3.05) is 13.1 Å². The van der Waals surface area contributed by atoms with Crippen molar-refractivity contribution >= 4 is 16.7 Å². The Morgan fingerprint density at radius 2 is 2.20 bits per heavy atom. The third kappa shape index (κ3) is 1.53. The molecule has 0 aliphatic carbocycles. The molecule has 1 aromatic heterocycles. The van der Waals surface area contributed by atoms with Crippen molar-refractivity contribution in [3.63, 3.8) is 0 Å². The molecule has 0 bridgehead atoms. The van der Waals surface area contributed by atoms with E-state index in [1.54, 1.807) is 0 Å². The van der Waals surface area contributed by atoms with E-state index < -0.39 is 5.92 Å². The van der Waals surface area contributed by atoms with E-state index in [2.05, 4.69) is 34.2 Å². The number of H-pyrrole nitrogens is 1. The first-order valence-corrected chi connectivity index (χ1v) is 7.04. The van der Waals surface area contributed by atoms with Crippen LogP contribution in [-0.4, -0.2) is 28.8 Å². The summed E-state index contributed by atoms with van der Waals surface area (Å²) in [6.07, 6.45) is 1.44. The van der Waals surface area contributed by atoms with Gasteiger partial charge in [0.1, 0.15) is 5.92 Å². The van der Waals surface area contributed by atoms with Crippen LogP contribution in [0.25, 0.3) is 10.9 Å². The fourth-order valence-corrected chi connectivity index (χ4v) is 3.60. The molecular formula is C16H15N3O. The number of para-hydroxylation sites is 1. The number of benzene rings is 1. The van der Waals surface area contributed by atoms with Crippen LogP contribution < -0.4 is 0 Å². The van der Waals surface area contributed by atoms with E-state index in [4.69, 9.17) is 5.26 Å². The number of aromatic nitrogens is 1. The molecule has 4 rings (SSSR count). The summed E-state index contributed by atoms with van der Waals surface area (Å²) in [4.78, 5) is 17.8. The summed E-state index contributed by atoms with van der Waals surface area (Å²) in [5.74, 6) is -0.363. The number of fused-ring (bicyclic) bond motifs is 5. The minimum Gasteiger partial charge on any atom is -0.357 e. The number of nitrogens with one attached hydrogen (secondary N) is 1. The van der Waals surface area contributed by atoms with Crippen LogP contribution >= 0.6 is 0 Å². The maximum atomic E-state index is 12.0. The van der Waals surface area contributed by atoms with Crippen LogP contribution in [0.3, 0.4) is 0 Å². The average Bonchev–Trinajstić information content (AvgIpc) is 2.85. The monoisotopic (exact) mass is 265 g/mol. The van der Waals surface area contributed by atoms with Gasteiger partial charge in [0.15, 0.2) is 5.78 Å². The first-order valence-electron chi connectivity index (χ1n) is 7.04. The molecule has 4 heteroatoms. The average molecular weight is 265 g/mol. The van der Waals surface area contributed by atoms with Crippen LogP contribution in [-0.2, 0) is 11.2 Å². The van der Waals surface area contributed by atoms with E-state index in [-0.39, 0.29) is 11.8 Å². The van der Waals surface area contributed by atoms with Crippen molar-refractivity contribution in [2.24, 2.45) is 5.92 Å². The highest BCUT2D eigenvalue weighted by molar-refractivity contribution is 5.88. The molecule has 0 radical (unpaired) electrons. The fraction of sp³-hybridized carbons (Fsp3) is 0.375. The molecule has 20 heavy (non-hydrogen) atoms. The third-order valence-corrected chi connectivity index (χ3v) is 4.63. The van der Waals surface area contributed by atoms with Gasteiger partial charge in [-0.1, -0.05) is 18.2 Å². The van der Waals surface area contributed by atoms with Crippen molar-refractivity contribution in [3.8, 4) is 6.07 Å². The first kappa shape index (κ1) is 11.7. The third-order valence-electron chi connectivity index (χ3n) is 4.63. The summed E-state index contributed by atoms with van der Waals surface area (Å²) in [6, 6.07) is 10.6. The van der Waals surface area contributed by atoms with Crippen molar-refractivity contribution in [2.45, 2.75) is 18.9 Å². The minimum atomic E-state index is -0.447. The van der Waals surface area contributed by atoms with Crippen LogP contribution in [0, 0.1) is 17.2 Å². The Morgan fingerprint density at radius 1 is 1.35 bits per heavy atom. The normalized spacial score (nSPS) is 26.1. The van der Waals surface area contributed by atoms with Crippen molar-refractivity contribution in [1.29, 1.82) is 5.26 Å². The lowest BCUT2D eigenvalue weighted by Gasteiger charge is -2.40. The molecular weight excluding hydrogens is 250 g/mol. The van der Waals surface area contributed by atoms with Gasteiger partial charge in [-0.3, -0.25) is 9.69 Å². The highest BCUT2D eigenvalue weighted by atomic mass is 16.1. The lowest BCUT2D eigenvalue weighted by Crippen LogP contribution is -2.45. The van der Waals surface area contributed by atoms with Gasteiger partial charge in [0.05, 0.1) is 12.1 Å². The second-order valence-corrected chi connectivity index (χ2v) is 5.68. The SMILES string of the molecule is N#CC1CN2CCc3c([nH]c4ccccc34)C2CC1=O. The molecule has 0 saturated carbocycles. The maximum Gasteiger partial charge on any atom is 0.153 e. The topological polar surface area (TPSA) is 59.9 Å². The van der Waals surface area contributed by atoms with Crippen molar-refractivity contribution in [1.82, 2.24) is 9.88 Å². The molecule has 0 spiro atoms. The van der Waals surface area contributed by atoms with E-state index in [1.165, 1.54) is 16.6 Å². The number of piperidine rings is 1. The molecule has 1 saturated heterocycles. The molecule has 1 N–H and O–H groups in total. The summed E-state index contributed by atoms with van der Waals surface area (Å²) in [6.45, 7) is 1.51. The molecule has 3 heterocycles. The molecule has 2 aliphatic heterocycles. The second-order valence-electron chi connectivity index (χ2n) is 5.68.